The SMILES string of the molecule is CCC/C=C/C(C)(C#N)O[Si](C)(C)C. The fourth-order valence-corrected chi connectivity index (χ4v) is 2.59. The molecule has 0 aromatic heterocycles. The molecule has 0 saturated heterocycles. The van der Waals surface area contributed by atoms with Gasteiger partial charge in [-0.2, -0.15) is 5.26 Å². The summed E-state index contributed by atoms with van der Waals surface area (Å²) >= 11 is 0. The lowest BCUT2D eigenvalue weighted by Gasteiger charge is -2.27. The number of hydrogen-bond donors (Lipinski definition) is 0. The van der Waals surface area contributed by atoms with Crippen molar-refractivity contribution in [2.24, 2.45) is 0 Å². The molecule has 2 nitrogen and oxygen atoms in total. The Labute approximate surface area is 88.7 Å². The van der Waals surface area contributed by atoms with Crippen molar-refractivity contribution in [1.82, 2.24) is 0 Å². The minimum atomic E-state index is -1.65. The lowest BCUT2D eigenvalue weighted by molar-refractivity contribution is 0.192. The third-order valence-corrected chi connectivity index (χ3v) is 2.67. The maximum atomic E-state index is 9.04. The van der Waals surface area contributed by atoms with E-state index in [1.807, 2.05) is 19.1 Å². The number of hydrogen-bond acceptors (Lipinski definition) is 2. The number of allylic oxidation sites excluding steroid dienone is 1. The highest BCUT2D eigenvalue weighted by Gasteiger charge is 2.28. The monoisotopic (exact) mass is 211 g/mol. The molecule has 0 amide bonds. The van der Waals surface area contributed by atoms with Crippen molar-refractivity contribution in [1.29, 1.82) is 5.26 Å². The van der Waals surface area contributed by atoms with Gasteiger partial charge in [0.15, 0.2) is 13.9 Å². The first-order chi connectivity index (χ1) is 6.33. The molecule has 0 aliphatic carbocycles. The Hall–Kier alpha value is -0.593. The Balaban J connectivity index is 4.43. The first-order valence-corrected chi connectivity index (χ1v) is 8.53. The van der Waals surface area contributed by atoms with Crippen LogP contribution in [0.15, 0.2) is 12.2 Å². The predicted molar refractivity (Wildman–Crippen MR) is 62.5 cm³/mol. The summed E-state index contributed by atoms with van der Waals surface area (Å²) in [7, 11) is -1.65. The van der Waals surface area contributed by atoms with E-state index in [1.165, 1.54) is 0 Å². The number of unbranched alkanes of at least 4 members (excludes halogenated alkanes) is 1. The summed E-state index contributed by atoms with van der Waals surface area (Å²) in [5.41, 5.74) is -0.736. The van der Waals surface area contributed by atoms with Gasteiger partial charge in [-0.05, 0) is 39.1 Å². The summed E-state index contributed by atoms with van der Waals surface area (Å²) < 4.78 is 5.81. The van der Waals surface area contributed by atoms with Crippen LogP contribution in [0.25, 0.3) is 0 Å². The van der Waals surface area contributed by atoms with Crippen LogP contribution in [0.4, 0.5) is 0 Å². The van der Waals surface area contributed by atoms with Crippen LogP contribution in [0.2, 0.25) is 19.6 Å². The smallest absolute Gasteiger partial charge is 0.186 e. The van der Waals surface area contributed by atoms with Crippen molar-refractivity contribution >= 4 is 8.32 Å². The summed E-state index contributed by atoms with van der Waals surface area (Å²) in [4.78, 5) is 0. The highest BCUT2D eigenvalue weighted by atomic mass is 28.4. The molecule has 3 heteroatoms. The normalized spacial score (nSPS) is 16.6. The van der Waals surface area contributed by atoms with E-state index in [1.54, 1.807) is 0 Å². The fraction of sp³-hybridized carbons (Fsp3) is 0.727. The molecule has 0 radical (unpaired) electrons. The third-order valence-electron chi connectivity index (χ3n) is 1.63. The van der Waals surface area contributed by atoms with Crippen LogP contribution in [0.5, 0.6) is 0 Å². The Bertz CT molecular complexity index is 237. The highest BCUT2D eigenvalue weighted by Crippen LogP contribution is 2.18. The Morgan fingerprint density at radius 3 is 2.36 bits per heavy atom. The molecule has 0 rings (SSSR count). The van der Waals surface area contributed by atoms with Crippen LogP contribution in [-0.2, 0) is 4.43 Å². The van der Waals surface area contributed by atoms with Crippen LogP contribution in [0.1, 0.15) is 26.7 Å². The van der Waals surface area contributed by atoms with E-state index in [4.69, 9.17) is 9.69 Å². The molecular formula is C11H21NOSi. The van der Waals surface area contributed by atoms with Crippen molar-refractivity contribution in [3.8, 4) is 6.07 Å². The quantitative estimate of drug-likeness (QED) is 0.515. The van der Waals surface area contributed by atoms with Crippen LogP contribution in [0.3, 0.4) is 0 Å². The molecule has 14 heavy (non-hydrogen) atoms. The molecule has 0 saturated carbocycles. The highest BCUT2D eigenvalue weighted by molar-refractivity contribution is 6.69. The average Bonchev–Trinajstić information content (AvgIpc) is 2.02. The van der Waals surface area contributed by atoms with Gasteiger partial charge in [0.1, 0.15) is 6.07 Å². The van der Waals surface area contributed by atoms with Crippen molar-refractivity contribution in [2.45, 2.75) is 51.9 Å². The van der Waals surface area contributed by atoms with Crippen LogP contribution < -0.4 is 0 Å². The maximum Gasteiger partial charge on any atom is 0.186 e. The first-order valence-electron chi connectivity index (χ1n) is 5.12. The summed E-state index contributed by atoms with van der Waals surface area (Å²) in [6, 6.07) is 2.22. The molecule has 1 unspecified atom stereocenters. The second-order valence-electron chi connectivity index (χ2n) is 4.62. The van der Waals surface area contributed by atoms with Gasteiger partial charge in [-0.15, -0.1) is 0 Å². The minimum Gasteiger partial charge on any atom is -0.397 e. The van der Waals surface area contributed by atoms with E-state index in [9.17, 15) is 0 Å². The van der Waals surface area contributed by atoms with E-state index < -0.39 is 13.9 Å². The lowest BCUT2D eigenvalue weighted by Crippen LogP contribution is -2.38. The molecule has 1 atom stereocenters. The molecule has 0 aliphatic rings. The fourth-order valence-electron chi connectivity index (χ4n) is 1.21. The molecule has 80 valence electrons. The molecule has 0 bridgehead atoms. The van der Waals surface area contributed by atoms with Crippen molar-refractivity contribution in [2.75, 3.05) is 0 Å². The summed E-state index contributed by atoms with van der Waals surface area (Å²) in [6.07, 6.45) is 6.02. The van der Waals surface area contributed by atoms with E-state index in [0.29, 0.717) is 0 Å². The molecule has 0 N–H and O–H groups in total. The van der Waals surface area contributed by atoms with Crippen LogP contribution in [0, 0.1) is 11.3 Å². The van der Waals surface area contributed by atoms with Crippen LogP contribution >= 0.6 is 0 Å². The largest absolute Gasteiger partial charge is 0.397 e. The van der Waals surface area contributed by atoms with Crippen molar-refractivity contribution in [3.63, 3.8) is 0 Å². The molecule has 0 aliphatic heterocycles. The maximum absolute atomic E-state index is 9.04. The van der Waals surface area contributed by atoms with E-state index in [2.05, 4.69) is 32.6 Å². The van der Waals surface area contributed by atoms with Gasteiger partial charge in [-0.3, -0.25) is 0 Å². The van der Waals surface area contributed by atoms with Gasteiger partial charge < -0.3 is 4.43 Å². The van der Waals surface area contributed by atoms with Gasteiger partial charge in [-0.1, -0.05) is 19.4 Å². The van der Waals surface area contributed by atoms with Crippen LogP contribution in [-0.4, -0.2) is 13.9 Å². The van der Waals surface area contributed by atoms with Gasteiger partial charge in [-0.25, -0.2) is 0 Å². The average molecular weight is 211 g/mol. The number of rotatable bonds is 5. The number of nitrogens with zero attached hydrogens (tertiary/aromatic N) is 1. The molecule has 0 heterocycles. The summed E-state index contributed by atoms with van der Waals surface area (Å²) in [5.74, 6) is 0. The van der Waals surface area contributed by atoms with E-state index in [0.717, 1.165) is 12.8 Å². The summed E-state index contributed by atoms with van der Waals surface area (Å²) in [6.45, 7) is 10.2. The Morgan fingerprint density at radius 2 is 2.00 bits per heavy atom. The lowest BCUT2D eigenvalue weighted by atomic mass is 10.1. The topological polar surface area (TPSA) is 33.0 Å². The molecule has 0 aromatic carbocycles. The zero-order chi connectivity index (χ0) is 11.2. The zero-order valence-electron chi connectivity index (χ0n) is 9.92. The Kier molecular flexibility index (Phi) is 5.10. The third kappa shape index (κ3) is 5.95. The molecule has 0 aromatic rings. The molecule has 0 fully saturated rings. The van der Waals surface area contributed by atoms with Gasteiger partial charge in [0.2, 0.25) is 0 Å². The number of nitriles is 1. The predicted octanol–water partition coefficient (Wildman–Crippen LogP) is 3.48. The van der Waals surface area contributed by atoms with Crippen molar-refractivity contribution < 1.29 is 4.43 Å². The first kappa shape index (κ1) is 13.4. The zero-order valence-corrected chi connectivity index (χ0v) is 10.9. The van der Waals surface area contributed by atoms with Gasteiger partial charge in [0.05, 0.1) is 0 Å². The van der Waals surface area contributed by atoms with Gasteiger partial charge in [0.25, 0.3) is 0 Å². The van der Waals surface area contributed by atoms with E-state index >= 15 is 0 Å². The second-order valence-corrected chi connectivity index (χ2v) is 9.05. The Morgan fingerprint density at radius 1 is 1.43 bits per heavy atom. The molecule has 0 spiro atoms. The van der Waals surface area contributed by atoms with Gasteiger partial charge in [0, 0.05) is 0 Å². The van der Waals surface area contributed by atoms with Crippen molar-refractivity contribution in [3.05, 3.63) is 12.2 Å². The van der Waals surface area contributed by atoms with E-state index in [-0.39, 0.29) is 0 Å². The standard InChI is InChI=1S/C11H21NOSi/c1-6-7-8-9-11(2,10-12)13-14(3,4)5/h8-9H,6-7H2,1-5H3/b9-8+. The second kappa shape index (κ2) is 5.33. The summed E-state index contributed by atoms with van der Waals surface area (Å²) in [5, 5.41) is 9.04. The molecular weight excluding hydrogens is 190 g/mol. The minimum absolute atomic E-state index is 0.736. The van der Waals surface area contributed by atoms with Gasteiger partial charge >= 0.3 is 0 Å².